The third-order valence-corrected chi connectivity index (χ3v) is 7.59. The van der Waals surface area contributed by atoms with Gasteiger partial charge in [0.15, 0.2) is 0 Å². The molecule has 1 fully saturated rings. The van der Waals surface area contributed by atoms with E-state index in [0.717, 1.165) is 18.5 Å². The first-order chi connectivity index (χ1) is 10.3. The maximum Gasteiger partial charge on any atom is 0.280 e. The van der Waals surface area contributed by atoms with Crippen LogP contribution in [0.25, 0.3) is 0 Å². The predicted octanol–water partition coefficient (Wildman–Crippen LogP) is 5.41. The summed E-state index contributed by atoms with van der Waals surface area (Å²) in [5, 5.41) is 0. The lowest BCUT2D eigenvalue weighted by Crippen LogP contribution is -2.45. The molecule has 2 rings (SSSR count). The maximum absolute atomic E-state index is 14.0. The number of hydrogen-bond donors (Lipinski definition) is 0. The lowest BCUT2D eigenvalue weighted by molar-refractivity contribution is 0.0956. The van der Waals surface area contributed by atoms with E-state index in [0.29, 0.717) is 6.42 Å². The van der Waals surface area contributed by atoms with Crippen LogP contribution in [0.15, 0.2) is 43.0 Å². The first-order valence-electron chi connectivity index (χ1n) is 8.01. The van der Waals surface area contributed by atoms with Crippen molar-refractivity contribution < 1.29 is 9.09 Å². The van der Waals surface area contributed by atoms with Crippen LogP contribution in [-0.4, -0.2) is 22.9 Å². The summed E-state index contributed by atoms with van der Waals surface area (Å²) in [5.41, 5.74) is 0.714. The van der Waals surface area contributed by atoms with E-state index in [1.165, 1.54) is 0 Å². The molecule has 4 heteroatoms. The summed E-state index contributed by atoms with van der Waals surface area (Å²) in [7, 11) is -2.99. The average Bonchev–Trinajstić information content (AvgIpc) is 2.44. The van der Waals surface area contributed by atoms with Crippen molar-refractivity contribution in [2.45, 2.75) is 57.8 Å². The van der Waals surface area contributed by atoms with E-state index >= 15 is 0 Å². The van der Waals surface area contributed by atoms with E-state index in [4.69, 9.17) is 4.52 Å². The SMILES string of the molecule is C=CC[C@H](c1ccccc1)P1(=O)O[C@@H](C)CCN1C(C)(C)C. The van der Waals surface area contributed by atoms with Gasteiger partial charge < -0.3 is 4.52 Å². The molecule has 1 aromatic rings. The molecule has 22 heavy (non-hydrogen) atoms. The number of allylic oxidation sites excluding steroid dienone is 1. The highest BCUT2D eigenvalue weighted by atomic mass is 31.2. The van der Waals surface area contributed by atoms with E-state index < -0.39 is 7.52 Å². The van der Waals surface area contributed by atoms with Gasteiger partial charge in [0, 0.05) is 12.1 Å². The number of nitrogens with zero attached hydrogens (tertiary/aromatic N) is 1. The summed E-state index contributed by atoms with van der Waals surface area (Å²) in [6.45, 7) is 13.0. The van der Waals surface area contributed by atoms with Crippen molar-refractivity contribution in [1.82, 2.24) is 4.67 Å². The number of benzene rings is 1. The lowest BCUT2D eigenvalue weighted by Gasteiger charge is -2.48. The smallest absolute Gasteiger partial charge is 0.280 e. The molecular weight excluding hydrogens is 293 g/mol. The van der Waals surface area contributed by atoms with E-state index in [2.05, 4.69) is 32.0 Å². The molecule has 0 bridgehead atoms. The van der Waals surface area contributed by atoms with Crippen LogP contribution in [0.2, 0.25) is 0 Å². The molecule has 1 heterocycles. The Hall–Kier alpha value is -0.890. The van der Waals surface area contributed by atoms with Gasteiger partial charge in [0.25, 0.3) is 7.52 Å². The fraction of sp³-hybridized carbons (Fsp3) is 0.556. The van der Waals surface area contributed by atoms with Gasteiger partial charge in [-0.1, -0.05) is 36.4 Å². The Morgan fingerprint density at radius 2 is 2.05 bits per heavy atom. The van der Waals surface area contributed by atoms with Gasteiger partial charge in [-0.2, -0.15) is 0 Å². The van der Waals surface area contributed by atoms with Crippen molar-refractivity contribution in [3.05, 3.63) is 48.6 Å². The van der Waals surface area contributed by atoms with E-state index in [1.54, 1.807) is 0 Å². The highest BCUT2D eigenvalue weighted by molar-refractivity contribution is 7.57. The summed E-state index contributed by atoms with van der Waals surface area (Å²) >= 11 is 0. The monoisotopic (exact) mass is 321 g/mol. The summed E-state index contributed by atoms with van der Waals surface area (Å²) in [4.78, 5) is 0. The van der Waals surface area contributed by atoms with E-state index in [9.17, 15) is 4.57 Å². The molecule has 0 N–H and O–H groups in total. The summed E-state index contributed by atoms with van der Waals surface area (Å²) in [5.74, 6) is 0. The van der Waals surface area contributed by atoms with Crippen LogP contribution in [0.5, 0.6) is 0 Å². The van der Waals surface area contributed by atoms with Gasteiger partial charge in [-0.25, -0.2) is 4.67 Å². The standard InChI is InChI=1S/C18H28NO2P/c1-6-10-17(16-11-8-7-9-12-16)22(20)19(18(3,4)5)14-13-15(2)21-22/h6-9,11-12,15,17H,1,10,13-14H2,2-5H3/t15-,17+,22?/m0/s1. The molecule has 0 radical (unpaired) electrons. The van der Waals surface area contributed by atoms with Gasteiger partial charge in [-0.05, 0) is 46.1 Å². The zero-order chi connectivity index (χ0) is 16.4. The molecule has 1 aliphatic rings. The minimum absolute atomic E-state index is 0.0282. The first-order valence-corrected chi connectivity index (χ1v) is 9.66. The molecule has 0 spiro atoms. The molecule has 1 aliphatic heterocycles. The van der Waals surface area contributed by atoms with Crippen LogP contribution in [0.4, 0.5) is 0 Å². The van der Waals surface area contributed by atoms with E-state index in [1.807, 2.05) is 43.3 Å². The summed E-state index contributed by atoms with van der Waals surface area (Å²) in [6.07, 6.45) is 3.44. The topological polar surface area (TPSA) is 29.5 Å². The van der Waals surface area contributed by atoms with Crippen molar-refractivity contribution in [3.63, 3.8) is 0 Å². The van der Waals surface area contributed by atoms with Crippen molar-refractivity contribution in [2.75, 3.05) is 6.54 Å². The van der Waals surface area contributed by atoms with Gasteiger partial charge in [-0.15, -0.1) is 6.58 Å². The zero-order valence-electron chi connectivity index (χ0n) is 14.2. The minimum Gasteiger partial charge on any atom is -0.314 e. The lowest BCUT2D eigenvalue weighted by atomic mass is 10.1. The van der Waals surface area contributed by atoms with Crippen molar-refractivity contribution in [2.24, 2.45) is 0 Å². The first kappa shape index (κ1) is 17.5. The summed E-state index contributed by atoms with van der Waals surface area (Å²) in [6, 6.07) is 10.0. The second-order valence-corrected chi connectivity index (χ2v) is 9.46. The van der Waals surface area contributed by atoms with Crippen LogP contribution in [0.3, 0.4) is 0 Å². The van der Waals surface area contributed by atoms with Gasteiger partial charge in [-0.3, -0.25) is 4.57 Å². The Kier molecular flexibility index (Phi) is 5.32. The highest BCUT2D eigenvalue weighted by Crippen LogP contribution is 2.68. The molecule has 3 nitrogen and oxygen atoms in total. The van der Waals surface area contributed by atoms with Gasteiger partial charge >= 0.3 is 0 Å². The Balaban J connectivity index is 2.49. The van der Waals surface area contributed by atoms with Crippen LogP contribution < -0.4 is 0 Å². The second-order valence-electron chi connectivity index (χ2n) is 7.01. The number of rotatable bonds is 4. The minimum atomic E-state index is -2.99. The van der Waals surface area contributed by atoms with Crippen molar-refractivity contribution in [1.29, 1.82) is 0 Å². The number of hydrogen-bond acceptors (Lipinski definition) is 2. The maximum atomic E-state index is 14.0. The average molecular weight is 321 g/mol. The van der Waals surface area contributed by atoms with Crippen LogP contribution in [0, 0.1) is 0 Å². The molecule has 0 saturated carbocycles. The highest BCUT2D eigenvalue weighted by Gasteiger charge is 2.48. The van der Waals surface area contributed by atoms with Gasteiger partial charge in [0.1, 0.15) is 0 Å². The molecule has 122 valence electrons. The molecule has 1 unspecified atom stereocenters. The van der Waals surface area contributed by atoms with Crippen molar-refractivity contribution in [3.8, 4) is 0 Å². The summed E-state index contributed by atoms with van der Waals surface area (Å²) < 4.78 is 22.2. The normalized spacial score (nSPS) is 28.3. The third kappa shape index (κ3) is 3.53. The van der Waals surface area contributed by atoms with Crippen LogP contribution in [0.1, 0.15) is 51.8 Å². The van der Waals surface area contributed by atoms with E-state index in [-0.39, 0.29) is 17.3 Å². The van der Waals surface area contributed by atoms with Gasteiger partial charge in [0.05, 0.1) is 11.8 Å². The molecular formula is C18H28NO2P. The van der Waals surface area contributed by atoms with Crippen LogP contribution >= 0.6 is 7.52 Å². The molecule has 0 aromatic heterocycles. The Labute approximate surface area is 134 Å². The van der Waals surface area contributed by atoms with Gasteiger partial charge in [0.2, 0.25) is 0 Å². The fourth-order valence-corrected chi connectivity index (χ4v) is 6.51. The van der Waals surface area contributed by atoms with Crippen molar-refractivity contribution >= 4 is 7.52 Å². The second kappa shape index (κ2) is 6.70. The predicted molar refractivity (Wildman–Crippen MR) is 93.2 cm³/mol. The van der Waals surface area contributed by atoms with Crippen LogP contribution in [-0.2, 0) is 9.09 Å². The molecule has 3 atom stereocenters. The Bertz CT molecular complexity index is 550. The zero-order valence-corrected chi connectivity index (χ0v) is 15.1. The largest absolute Gasteiger partial charge is 0.314 e. The Morgan fingerprint density at radius 1 is 1.41 bits per heavy atom. The Morgan fingerprint density at radius 3 is 2.59 bits per heavy atom. The molecule has 1 saturated heterocycles. The molecule has 1 aromatic carbocycles. The fourth-order valence-electron chi connectivity index (χ4n) is 3.10. The molecule has 0 amide bonds. The third-order valence-electron chi connectivity index (χ3n) is 4.16. The quantitative estimate of drug-likeness (QED) is 0.549. The molecule has 0 aliphatic carbocycles.